The third-order valence-corrected chi connectivity index (χ3v) is 6.55. The quantitative estimate of drug-likeness (QED) is 0.517. The third-order valence-electron chi connectivity index (χ3n) is 5.41. The number of pyridine rings is 1. The zero-order chi connectivity index (χ0) is 22.1. The van der Waals surface area contributed by atoms with E-state index in [1.165, 1.54) is 11.8 Å². The molecule has 1 unspecified atom stereocenters. The Morgan fingerprint density at radius 3 is 2.88 bits per heavy atom. The van der Waals surface area contributed by atoms with Crippen molar-refractivity contribution in [2.75, 3.05) is 17.7 Å². The second kappa shape index (κ2) is 8.47. The summed E-state index contributed by atoms with van der Waals surface area (Å²) in [6, 6.07) is 18.5. The van der Waals surface area contributed by atoms with Gasteiger partial charge in [0.15, 0.2) is 5.69 Å². The van der Waals surface area contributed by atoms with E-state index in [0.717, 1.165) is 27.0 Å². The lowest BCUT2D eigenvalue weighted by Gasteiger charge is -2.22. The minimum Gasteiger partial charge on any atom is -0.360 e. The lowest BCUT2D eigenvalue weighted by atomic mass is 10.1. The SMILES string of the molecule is CN1C(=O)C(NC(=O)c2cc(Cc3ccccc3)on2)CSc2ccc3ncccc3c21. The van der Waals surface area contributed by atoms with Crippen LogP contribution in [0, 0.1) is 0 Å². The monoisotopic (exact) mass is 444 g/mol. The highest BCUT2D eigenvalue weighted by Gasteiger charge is 2.31. The Bertz CT molecular complexity index is 1310. The molecule has 0 aliphatic carbocycles. The lowest BCUT2D eigenvalue weighted by Crippen LogP contribution is -2.48. The van der Waals surface area contributed by atoms with Crippen molar-refractivity contribution < 1.29 is 14.1 Å². The molecule has 1 N–H and O–H groups in total. The fraction of sp³-hybridized carbons (Fsp3) is 0.167. The summed E-state index contributed by atoms with van der Waals surface area (Å²) in [6.45, 7) is 0. The number of carbonyl (C=O) groups excluding carboxylic acids is 2. The molecule has 7 nitrogen and oxygen atoms in total. The second-order valence-corrected chi connectivity index (χ2v) is 8.62. The Morgan fingerprint density at radius 1 is 1.19 bits per heavy atom. The number of nitrogens with zero attached hydrogens (tertiary/aromatic N) is 3. The number of hydrogen-bond donors (Lipinski definition) is 1. The van der Waals surface area contributed by atoms with E-state index in [9.17, 15) is 9.59 Å². The molecule has 4 aromatic rings. The van der Waals surface area contributed by atoms with Crippen molar-refractivity contribution in [1.82, 2.24) is 15.5 Å². The molecule has 5 rings (SSSR count). The predicted octanol–water partition coefficient (Wildman–Crippen LogP) is 3.68. The Hall–Kier alpha value is -3.65. The van der Waals surface area contributed by atoms with Crippen LogP contribution in [0.5, 0.6) is 0 Å². The molecule has 8 heteroatoms. The largest absolute Gasteiger partial charge is 0.360 e. The van der Waals surface area contributed by atoms with Crippen molar-refractivity contribution in [3.05, 3.63) is 83.9 Å². The van der Waals surface area contributed by atoms with Crippen LogP contribution in [0.2, 0.25) is 0 Å². The van der Waals surface area contributed by atoms with Crippen molar-refractivity contribution in [1.29, 1.82) is 0 Å². The van der Waals surface area contributed by atoms with Gasteiger partial charge < -0.3 is 14.7 Å². The highest BCUT2D eigenvalue weighted by molar-refractivity contribution is 7.99. The summed E-state index contributed by atoms with van der Waals surface area (Å²) in [5, 5.41) is 7.63. The molecular formula is C24H20N4O3S. The average molecular weight is 445 g/mol. The molecule has 0 saturated heterocycles. The number of hydrogen-bond acceptors (Lipinski definition) is 6. The van der Waals surface area contributed by atoms with E-state index in [2.05, 4.69) is 15.5 Å². The summed E-state index contributed by atoms with van der Waals surface area (Å²) in [6.07, 6.45) is 2.27. The van der Waals surface area contributed by atoms with E-state index >= 15 is 0 Å². The number of rotatable bonds is 4. The highest BCUT2D eigenvalue weighted by atomic mass is 32.2. The maximum absolute atomic E-state index is 13.2. The van der Waals surface area contributed by atoms with Crippen LogP contribution in [0.4, 0.5) is 5.69 Å². The molecule has 3 heterocycles. The lowest BCUT2D eigenvalue weighted by molar-refractivity contribution is -0.119. The molecule has 2 aromatic carbocycles. The van der Waals surface area contributed by atoms with Crippen LogP contribution in [-0.2, 0) is 11.2 Å². The van der Waals surface area contributed by atoms with E-state index in [-0.39, 0.29) is 11.6 Å². The minimum atomic E-state index is -0.689. The van der Waals surface area contributed by atoms with Gasteiger partial charge in [-0.2, -0.15) is 0 Å². The maximum atomic E-state index is 13.2. The molecule has 0 fully saturated rings. The van der Waals surface area contributed by atoms with Gasteiger partial charge in [-0.15, -0.1) is 11.8 Å². The van der Waals surface area contributed by atoms with Crippen molar-refractivity contribution in [3.8, 4) is 0 Å². The van der Waals surface area contributed by atoms with Crippen molar-refractivity contribution in [2.24, 2.45) is 0 Å². The number of amides is 2. The van der Waals surface area contributed by atoms with Gasteiger partial charge in [0.25, 0.3) is 5.91 Å². The molecule has 2 aromatic heterocycles. The minimum absolute atomic E-state index is 0.160. The van der Waals surface area contributed by atoms with E-state index in [1.54, 1.807) is 24.2 Å². The summed E-state index contributed by atoms with van der Waals surface area (Å²) in [7, 11) is 1.73. The summed E-state index contributed by atoms with van der Waals surface area (Å²) < 4.78 is 5.33. The summed E-state index contributed by atoms with van der Waals surface area (Å²) in [5.74, 6) is 0.390. The van der Waals surface area contributed by atoms with E-state index in [4.69, 9.17) is 4.52 Å². The fourth-order valence-electron chi connectivity index (χ4n) is 3.80. The zero-order valence-corrected chi connectivity index (χ0v) is 18.1. The smallest absolute Gasteiger partial charge is 0.274 e. The first-order valence-electron chi connectivity index (χ1n) is 10.2. The first-order chi connectivity index (χ1) is 15.6. The fourth-order valence-corrected chi connectivity index (χ4v) is 4.92. The van der Waals surface area contributed by atoms with Crippen LogP contribution in [0.25, 0.3) is 10.9 Å². The Labute approximate surface area is 188 Å². The van der Waals surface area contributed by atoms with E-state index < -0.39 is 11.9 Å². The standard InChI is InChI=1S/C24H20N4O3S/c1-28-22-17-8-5-11-25-18(17)9-10-21(22)32-14-20(24(28)30)26-23(29)19-13-16(31-27-19)12-15-6-3-2-4-7-15/h2-11,13,20H,12,14H2,1H3,(H,26,29). The Balaban J connectivity index is 1.33. The van der Waals surface area contributed by atoms with Gasteiger partial charge >= 0.3 is 0 Å². The number of fused-ring (bicyclic) bond motifs is 3. The van der Waals surface area contributed by atoms with E-state index in [1.807, 2.05) is 54.6 Å². The van der Waals surface area contributed by atoms with Crippen LogP contribution in [0.15, 0.2) is 76.3 Å². The van der Waals surface area contributed by atoms with Gasteiger partial charge in [0.05, 0.1) is 11.2 Å². The predicted molar refractivity (Wildman–Crippen MR) is 123 cm³/mol. The second-order valence-electron chi connectivity index (χ2n) is 7.56. The Morgan fingerprint density at radius 2 is 2.03 bits per heavy atom. The first-order valence-corrected chi connectivity index (χ1v) is 11.2. The molecule has 0 bridgehead atoms. The van der Waals surface area contributed by atoms with Gasteiger partial charge in [0, 0.05) is 41.8 Å². The van der Waals surface area contributed by atoms with Crippen LogP contribution >= 0.6 is 11.8 Å². The van der Waals surface area contributed by atoms with Gasteiger partial charge in [-0.1, -0.05) is 35.5 Å². The van der Waals surface area contributed by atoms with Gasteiger partial charge in [0.1, 0.15) is 11.8 Å². The molecule has 1 atom stereocenters. The van der Waals surface area contributed by atoms with Gasteiger partial charge in [-0.3, -0.25) is 14.6 Å². The molecule has 1 aliphatic heterocycles. The molecule has 32 heavy (non-hydrogen) atoms. The number of anilines is 1. The van der Waals surface area contributed by atoms with Crippen LogP contribution in [0.1, 0.15) is 21.8 Å². The van der Waals surface area contributed by atoms with Crippen molar-refractivity contribution >= 4 is 40.2 Å². The number of likely N-dealkylation sites (N-methyl/N-ethyl adjacent to an activating group) is 1. The first kappa shape index (κ1) is 20.3. The molecule has 1 aliphatic rings. The summed E-state index contributed by atoms with van der Waals surface area (Å²) in [4.78, 5) is 33.0. The molecular weight excluding hydrogens is 424 g/mol. The molecule has 2 amide bonds. The van der Waals surface area contributed by atoms with E-state index in [0.29, 0.717) is 17.9 Å². The van der Waals surface area contributed by atoms with Crippen LogP contribution in [-0.4, -0.2) is 40.8 Å². The number of benzene rings is 2. The number of carbonyl (C=O) groups is 2. The third kappa shape index (κ3) is 3.85. The number of nitrogens with one attached hydrogen (secondary N) is 1. The normalized spacial score (nSPS) is 16.0. The van der Waals surface area contributed by atoms with Crippen LogP contribution < -0.4 is 10.2 Å². The van der Waals surface area contributed by atoms with Crippen LogP contribution in [0.3, 0.4) is 0 Å². The molecule has 0 spiro atoms. The highest BCUT2D eigenvalue weighted by Crippen LogP contribution is 2.38. The van der Waals surface area contributed by atoms with Crippen molar-refractivity contribution in [3.63, 3.8) is 0 Å². The number of thioether (sulfide) groups is 1. The van der Waals surface area contributed by atoms with Gasteiger partial charge in [-0.25, -0.2) is 0 Å². The summed E-state index contributed by atoms with van der Waals surface area (Å²) >= 11 is 1.54. The molecule has 160 valence electrons. The average Bonchev–Trinajstić information content (AvgIpc) is 3.25. The Kier molecular flexibility index (Phi) is 5.36. The topological polar surface area (TPSA) is 88.3 Å². The maximum Gasteiger partial charge on any atom is 0.274 e. The molecule has 0 radical (unpaired) electrons. The van der Waals surface area contributed by atoms with Crippen molar-refractivity contribution in [2.45, 2.75) is 17.4 Å². The van der Waals surface area contributed by atoms with Gasteiger partial charge in [0.2, 0.25) is 5.91 Å². The summed E-state index contributed by atoms with van der Waals surface area (Å²) in [5.41, 5.74) is 2.86. The zero-order valence-electron chi connectivity index (χ0n) is 17.3. The number of aromatic nitrogens is 2. The molecule has 0 saturated carbocycles. The van der Waals surface area contributed by atoms with Gasteiger partial charge in [-0.05, 0) is 29.8 Å².